The first-order valence-electron chi connectivity index (χ1n) is 10.6. The standard InChI is InChI=1S/C24H23F3N2O6S2/c1-35-22-7-5-4-6-20(22)19-8-9-28-15-21(19)29(10-11-36(2,31)32)23(30)16-12-17(24(25,26)27)14-18(13-16)37(3,33)34/h4-9,12-15H,10-11H2,1-3H3. The van der Waals surface area contributed by atoms with Gasteiger partial charge in [0.1, 0.15) is 15.6 Å². The first kappa shape index (κ1) is 28.1. The quantitative estimate of drug-likeness (QED) is 0.414. The maximum absolute atomic E-state index is 13.7. The van der Waals surface area contributed by atoms with Crippen LogP contribution in [0, 0.1) is 0 Å². The molecule has 3 rings (SSSR count). The third-order valence-electron chi connectivity index (χ3n) is 5.33. The Morgan fingerprint density at radius 3 is 2.27 bits per heavy atom. The normalized spacial score (nSPS) is 12.3. The molecule has 37 heavy (non-hydrogen) atoms. The van der Waals surface area contributed by atoms with Crippen LogP contribution in [-0.2, 0) is 25.9 Å². The molecule has 13 heteroatoms. The summed E-state index contributed by atoms with van der Waals surface area (Å²) >= 11 is 0. The Morgan fingerprint density at radius 2 is 1.68 bits per heavy atom. The summed E-state index contributed by atoms with van der Waals surface area (Å²) in [5.74, 6) is -1.13. The number of carbonyl (C=O) groups excluding carboxylic acids is 1. The molecule has 1 heterocycles. The average Bonchev–Trinajstić information content (AvgIpc) is 2.82. The van der Waals surface area contributed by atoms with Gasteiger partial charge in [-0.25, -0.2) is 16.8 Å². The smallest absolute Gasteiger partial charge is 0.416 e. The summed E-state index contributed by atoms with van der Waals surface area (Å²) in [6.07, 6.45) is -0.571. The Hall–Kier alpha value is -3.45. The average molecular weight is 557 g/mol. The van der Waals surface area contributed by atoms with Crippen molar-refractivity contribution in [2.75, 3.05) is 36.8 Å². The molecule has 0 saturated heterocycles. The van der Waals surface area contributed by atoms with Crippen molar-refractivity contribution in [2.24, 2.45) is 0 Å². The summed E-state index contributed by atoms with van der Waals surface area (Å²) < 4.78 is 94.2. The van der Waals surface area contributed by atoms with E-state index in [1.54, 1.807) is 30.3 Å². The summed E-state index contributed by atoms with van der Waals surface area (Å²) in [7, 11) is -6.30. The number of hydrogen-bond donors (Lipinski definition) is 0. The first-order valence-corrected chi connectivity index (χ1v) is 14.6. The highest BCUT2D eigenvalue weighted by Gasteiger charge is 2.34. The number of benzene rings is 2. The number of amides is 1. The predicted octanol–water partition coefficient (Wildman–Crippen LogP) is 3.87. The zero-order valence-electron chi connectivity index (χ0n) is 20.0. The van der Waals surface area contributed by atoms with E-state index in [-0.39, 0.29) is 5.69 Å². The molecule has 2 aromatic carbocycles. The molecule has 0 fully saturated rings. The minimum Gasteiger partial charge on any atom is -0.496 e. The van der Waals surface area contributed by atoms with Gasteiger partial charge in [0.25, 0.3) is 5.91 Å². The highest BCUT2D eigenvalue weighted by molar-refractivity contribution is 7.91. The number of carbonyl (C=O) groups is 1. The molecule has 0 aliphatic heterocycles. The number of sulfone groups is 2. The molecule has 3 aromatic rings. The third kappa shape index (κ3) is 6.86. The highest BCUT2D eigenvalue weighted by Crippen LogP contribution is 2.37. The Balaban J connectivity index is 2.26. The number of rotatable bonds is 8. The number of ether oxygens (including phenoxy) is 1. The topological polar surface area (TPSA) is 111 Å². The molecule has 1 aromatic heterocycles. The molecule has 1 amide bonds. The van der Waals surface area contributed by atoms with Crippen molar-refractivity contribution in [3.05, 3.63) is 72.1 Å². The monoisotopic (exact) mass is 556 g/mol. The molecule has 0 bridgehead atoms. The minimum atomic E-state index is -4.94. The molecule has 0 aliphatic carbocycles. The maximum Gasteiger partial charge on any atom is 0.416 e. The van der Waals surface area contributed by atoms with E-state index in [0.29, 0.717) is 29.0 Å². The molecule has 0 saturated carbocycles. The predicted molar refractivity (Wildman–Crippen MR) is 132 cm³/mol. The fourth-order valence-corrected chi connectivity index (χ4v) is 4.74. The molecular formula is C24H23F3N2O6S2. The van der Waals surface area contributed by atoms with Gasteiger partial charge in [-0.15, -0.1) is 0 Å². The molecule has 0 aliphatic rings. The van der Waals surface area contributed by atoms with Crippen LogP contribution in [0.2, 0.25) is 0 Å². The number of aromatic nitrogens is 1. The zero-order valence-corrected chi connectivity index (χ0v) is 21.6. The first-order chi connectivity index (χ1) is 17.1. The number of hydrogen-bond acceptors (Lipinski definition) is 7. The van der Waals surface area contributed by atoms with E-state index in [4.69, 9.17) is 4.74 Å². The molecular weight excluding hydrogens is 533 g/mol. The van der Waals surface area contributed by atoms with Gasteiger partial charge < -0.3 is 9.64 Å². The Morgan fingerprint density at radius 1 is 1.00 bits per heavy atom. The Labute approximate surface area is 212 Å². The van der Waals surface area contributed by atoms with Crippen molar-refractivity contribution in [3.63, 3.8) is 0 Å². The lowest BCUT2D eigenvalue weighted by Crippen LogP contribution is -2.36. The summed E-state index contributed by atoms with van der Waals surface area (Å²) in [5, 5.41) is 0. The molecule has 8 nitrogen and oxygen atoms in total. The molecule has 0 radical (unpaired) electrons. The number of pyridine rings is 1. The number of para-hydroxylation sites is 1. The van der Waals surface area contributed by atoms with E-state index in [2.05, 4.69) is 4.98 Å². The van der Waals surface area contributed by atoms with E-state index < -0.39 is 60.1 Å². The van der Waals surface area contributed by atoms with Crippen LogP contribution in [0.5, 0.6) is 5.75 Å². The Bertz CT molecular complexity index is 1540. The number of methoxy groups -OCH3 is 1. The van der Waals surface area contributed by atoms with Crippen LogP contribution in [-0.4, -0.2) is 59.6 Å². The SMILES string of the molecule is COc1ccccc1-c1ccncc1N(CCS(C)(=O)=O)C(=O)c1cc(C(F)(F)F)cc(S(C)(=O)=O)c1. The van der Waals surface area contributed by atoms with Crippen molar-refractivity contribution >= 4 is 31.3 Å². The van der Waals surface area contributed by atoms with Crippen LogP contribution in [0.25, 0.3) is 11.1 Å². The van der Waals surface area contributed by atoms with E-state index in [9.17, 15) is 34.8 Å². The maximum atomic E-state index is 13.7. The number of halogens is 3. The second kappa shape index (κ2) is 10.5. The van der Waals surface area contributed by atoms with E-state index in [0.717, 1.165) is 23.5 Å². The molecule has 0 spiro atoms. The largest absolute Gasteiger partial charge is 0.496 e. The number of nitrogens with zero attached hydrogens (tertiary/aromatic N) is 2. The number of alkyl halides is 3. The summed E-state index contributed by atoms with van der Waals surface area (Å²) in [4.78, 5) is 18.0. The second-order valence-electron chi connectivity index (χ2n) is 8.20. The van der Waals surface area contributed by atoms with Gasteiger partial charge in [-0.05, 0) is 30.3 Å². The summed E-state index contributed by atoms with van der Waals surface area (Å²) in [6.45, 7) is -0.435. The van der Waals surface area contributed by atoms with Crippen molar-refractivity contribution in [1.82, 2.24) is 4.98 Å². The molecule has 0 N–H and O–H groups in total. The van der Waals surface area contributed by atoms with E-state index in [1.165, 1.54) is 19.5 Å². The van der Waals surface area contributed by atoms with E-state index in [1.807, 2.05) is 0 Å². The summed E-state index contributed by atoms with van der Waals surface area (Å²) in [5.41, 5.74) is -0.916. The van der Waals surface area contributed by atoms with Crippen LogP contribution in [0.1, 0.15) is 15.9 Å². The van der Waals surface area contributed by atoms with Crippen LogP contribution >= 0.6 is 0 Å². The third-order valence-corrected chi connectivity index (χ3v) is 7.34. The zero-order chi connectivity index (χ0) is 27.6. The van der Waals surface area contributed by atoms with Crippen molar-refractivity contribution in [2.45, 2.75) is 11.1 Å². The molecule has 198 valence electrons. The fourth-order valence-electron chi connectivity index (χ4n) is 3.54. The van der Waals surface area contributed by atoms with Crippen LogP contribution in [0.15, 0.2) is 65.8 Å². The van der Waals surface area contributed by atoms with Gasteiger partial charge >= 0.3 is 6.18 Å². The van der Waals surface area contributed by atoms with Gasteiger partial charge in [0.05, 0.1) is 35.2 Å². The number of anilines is 1. The van der Waals surface area contributed by atoms with Crippen molar-refractivity contribution < 1.29 is 39.5 Å². The molecule has 0 atom stereocenters. The second-order valence-corrected chi connectivity index (χ2v) is 12.5. The van der Waals surface area contributed by atoms with Crippen LogP contribution in [0.4, 0.5) is 18.9 Å². The van der Waals surface area contributed by atoms with Gasteiger partial charge in [-0.2, -0.15) is 13.2 Å². The van der Waals surface area contributed by atoms with Gasteiger partial charge in [0.15, 0.2) is 9.84 Å². The van der Waals surface area contributed by atoms with Gasteiger partial charge in [0.2, 0.25) is 0 Å². The van der Waals surface area contributed by atoms with Crippen molar-refractivity contribution in [1.29, 1.82) is 0 Å². The highest BCUT2D eigenvalue weighted by atomic mass is 32.2. The lowest BCUT2D eigenvalue weighted by Gasteiger charge is -2.26. The van der Waals surface area contributed by atoms with E-state index >= 15 is 0 Å². The van der Waals surface area contributed by atoms with Crippen molar-refractivity contribution in [3.8, 4) is 16.9 Å². The van der Waals surface area contributed by atoms with Gasteiger partial charge in [-0.1, -0.05) is 18.2 Å². The molecule has 0 unspecified atom stereocenters. The Kier molecular flexibility index (Phi) is 7.98. The fraction of sp³-hybridized carbons (Fsp3) is 0.250. The summed E-state index contributed by atoms with van der Waals surface area (Å²) in [6, 6.07) is 10.1. The minimum absolute atomic E-state index is 0.0963. The van der Waals surface area contributed by atoms with Crippen LogP contribution in [0.3, 0.4) is 0 Å². The lowest BCUT2D eigenvalue weighted by atomic mass is 10.0. The van der Waals surface area contributed by atoms with Crippen LogP contribution < -0.4 is 9.64 Å². The van der Waals surface area contributed by atoms with Gasteiger partial charge in [-0.3, -0.25) is 9.78 Å². The lowest BCUT2D eigenvalue weighted by molar-refractivity contribution is -0.137. The van der Waals surface area contributed by atoms with Gasteiger partial charge in [0, 0.05) is 41.9 Å².